The molecule has 0 saturated heterocycles. The Morgan fingerprint density at radius 2 is 1.78 bits per heavy atom. The van der Waals surface area contributed by atoms with Gasteiger partial charge >= 0.3 is 5.97 Å². The third-order valence-electron chi connectivity index (χ3n) is 3.78. The molecule has 1 atom stereocenters. The Labute approximate surface area is 138 Å². The summed E-state index contributed by atoms with van der Waals surface area (Å²) in [5.41, 5.74) is 1.25. The maximum Gasteiger partial charge on any atom is 0.326 e. The van der Waals surface area contributed by atoms with Gasteiger partial charge < -0.3 is 15.2 Å². The molecule has 0 aromatic heterocycles. The van der Waals surface area contributed by atoms with Crippen molar-refractivity contribution in [2.75, 3.05) is 7.11 Å². The van der Waals surface area contributed by atoms with E-state index in [2.05, 4.69) is 5.32 Å². The van der Waals surface area contributed by atoms with Gasteiger partial charge in [0.15, 0.2) is 0 Å². The maximum atomic E-state index is 11.8. The smallest absolute Gasteiger partial charge is 0.326 e. The molecule has 1 unspecified atom stereocenters. The Hall–Kier alpha value is -2.04. The number of ether oxygens (including phenoxy) is 1. The lowest BCUT2D eigenvalue weighted by molar-refractivity contribution is -0.143. The van der Waals surface area contributed by atoms with Crippen LogP contribution in [-0.2, 0) is 16.0 Å². The fourth-order valence-corrected chi connectivity index (χ4v) is 2.34. The van der Waals surface area contributed by atoms with Crippen molar-refractivity contribution in [3.8, 4) is 5.75 Å². The number of benzene rings is 1. The molecular weight excluding hydrogens is 294 g/mol. The minimum Gasteiger partial charge on any atom is -0.497 e. The predicted molar refractivity (Wildman–Crippen MR) is 89.6 cm³/mol. The van der Waals surface area contributed by atoms with Crippen molar-refractivity contribution >= 4 is 11.9 Å². The summed E-state index contributed by atoms with van der Waals surface area (Å²) in [5.74, 6) is -0.432. The first-order valence-corrected chi connectivity index (χ1v) is 8.09. The summed E-state index contributed by atoms with van der Waals surface area (Å²) in [6.07, 6.45) is 4.06. The van der Waals surface area contributed by atoms with Crippen molar-refractivity contribution in [1.29, 1.82) is 0 Å². The fraction of sp³-hybridized carbons (Fsp3) is 0.556. The summed E-state index contributed by atoms with van der Waals surface area (Å²) in [6.45, 7) is 3.57. The van der Waals surface area contributed by atoms with E-state index in [1.807, 2.05) is 24.3 Å². The first-order valence-electron chi connectivity index (χ1n) is 8.09. The minimum absolute atomic E-state index is 0.119. The van der Waals surface area contributed by atoms with Crippen LogP contribution < -0.4 is 10.1 Å². The normalized spacial score (nSPS) is 12.0. The van der Waals surface area contributed by atoms with E-state index in [1.54, 1.807) is 21.0 Å². The number of carbonyl (C=O) groups is 2. The molecule has 1 aromatic rings. The zero-order valence-electron chi connectivity index (χ0n) is 14.2. The fourth-order valence-electron chi connectivity index (χ4n) is 2.34. The first kappa shape index (κ1) is 19.0. The molecule has 0 aliphatic heterocycles. The van der Waals surface area contributed by atoms with Crippen LogP contribution in [-0.4, -0.2) is 30.1 Å². The number of rotatable bonds is 10. The van der Waals surface area contributed by atoms with Crippen molar-refractivity contribution in [3.63, 3.8) is 0 Å². The van der Waals surface area contributed by atoms with E-state index in [0.29, 0.717) is 6.42 Å². The van der Waals surface area contributed by atoms with Gasteiger partial charge in [0.05, 0.1) is 7.11 Å². The summed E-state index contributed by atoms with van der Waals surface area (Å²) in [5, 5.41) is 11.6. The number of carbonyl (C=O) groups excluding carboxylic acids is 1. The van der Waals surface area contributed by atoms with Crippen LogP contribution in [0, 0.1) is 5.92 Å². The topological polar surface area (TPSA) is 75.6 Å². The maximum absolute atomic E-state index is 11.8. The lowest BCUT2D eigenvalue weighted by Crippen LogP contribution is -2.44. The van der Waals surface area contributed by atoms with Crippen molar-refractivity contribution in [2.45, 2.75) is 52.0 Å². The van der Waals surface area contributed by atoms with Crippen molar-refractivity contribution < 1.29 is 19.4 Å². The summed E-state index contributed by atoms with van der Waals surface area (Å²) in [7, 11) is 1.65. The van der Waals surface area contributed by atoms with E-state index in [0.717, 1.165) is 31.4 Å². The number of hydrogen-bond donors (Lipinski definition) is 2. The van der Waals surface area contributed by atoms with Crippen LogP contribution in [0.25, 0.3) is 0 Å². The van der Waals surface area contributed by atoms with Crippen LogP contribution >= 0.6 is 0 Å². The average Bonchev–Trinajstić information content (AvgIpc) is 2.52. The highest BCUT2D eigenvalue weighted by molar-refractivity contribution is 5.83. The van der Waals surface area contributed by atoms with Gasteiger partial charge in [0.1, 0.15) is 11.8 Å². The Morgan fingerprint density at radius 1 is 1.13 bits per heavy atom. The van der Waals surface area contributed by atoms with Gasteiger partial charge in [-0.1, -0.05) is 32.4 Å². The SMILES string of the molecule is COc1ccc(CCCCCC(=O)NC(C(=O)O)C(C)C)cc1. The lowest BCUT2D eigenvalue weighted by atomic mass is 10.0. The number of methoxy groups -OCH3 is 1. The lowest BCUT2D eigenvalue weighted by Gasteiger charge is -2.17. The number of hydrogen-bond acceptors (Lipinski definition) is 3. The van der Waals surface area contributed by atoms with E-state index in [4.69, 9.17) is 9.84 Å². The average molecular weight is 321 g/mol. The number of carboxylic acids is 1. The highest BCUT2D eigenvalue weighted by Gasteiger charge is 2.22. The van der Waals surface area contributed by atoms with Crippen LogP contribution in [0.5, 0.6) is 5.75 Å². The largest absolute Gasteiger partial charge is 0.497 e. The quantitative estimate of drug-likeness (QED) is 0.650. The number of nitrogens with one attached hydrogen (secondary N) is 1. The van der Waals surface area contributed by atoms with E-state index < -0.39 is 12.0 Å². The molecule has 5 nitrogen and oxygen atoms in total. The second kappa shape index (κ2) is 9.87. The Morgan fingerprint density at radius 3 is 2.30 bits per heavy atom. The number of aliphatic carboxylic acids is 1. The van der Waals surface area contributed by atoms with Gasteiger partial charge in [-0.2, -0.15) is 0 Å². The molecule has 0 bridgehead atoms. The van der Waals surface area contributed by atoms with Gasteiger partial charge in [-0.05, 0) is 42.9 Å². The van der Waals surface area contributed by atoms with Crippen LogP contribution in [0.15, 0.2) is 24.3 Å². The molecule has 1 amide bonds. The third kappa shape index (κ3) is 7.17. The van der Waals surface area contributed by atoms with Gasteiger partial charge in [0.2, 0.25) is 5.91 Å². The van der Waals surface area contributed by atoms with Crippen LogP contribution in [0.2, 0.25) is 0 Å². The van der Waals surface area contributed by atoms with Gasteiger partial charge in [-0.15, -0.1) is 0 Å². The second-order valence-electron chi connectivity index (χ2n) is 6.04. The number of unbranched alkanes of at least 4 members (excludes halogenated alkanes) is 2. The van der Waals surface area contributed by atoms with Crippen molar-refractivity contribution in [3.05, 3.63) is 29.8 Å². The molecule has 5 heteroatoms. The molecule has 23 heavy (non-hydrogen) atoms. The van der Waals surface area contributed by atoms with Crippen molar-refractivity contribution in [1.82, 2.24) is 5.32 Å². The minimum atomic E-state index is -0.979. The highest BCUT2D eigenvalue weighted by Crippen LogP contribution is 2.14. The van der Waals surface area contributed by atoms with E-state index in [-0.39, 0.29) is 11.8 Å². The third-order valence-corrected chi connectivity index (χ3v) is 3.78. The van der Waals surface area contributed by atoms with Crippen LogP contribution in [0.1, 0.15) is 45.1 Å². The predicted octanol–water partition coefficient (Wildman–Crippen LogP) is 3.02. The Kier molecular flexibility index (Phi) is 8.16. The van der Waals surface area contributed by atoms with E-state index >= 15 is 0 Å². The molecule has 1 rings (SSSR count). The molecule has 0 aliphatic rings. The van der Waals surface area contributed by atoms with Crippen LogP contribution in [0.4, 0.5) is 0 Å². The van der Waals surface area contributed by atoms with E-state index in [1.165, 1.54) is 5.56 Å². The monoisotopic (exact) mass is 321 g/mol. The molecule has 0 spiro atoms. The van der Waals surface area contributed by atoms with Gasteiger partial charge in [0.25, 0.3) is 0 Å². The van der Waals surface area contributed by atoms with Gasteiger partial charge in [-0.25, -0.2) is 4.79 Å². The Bertz CT molecular complexity index is 496. The molecule has 128 valence electrons. The highest BCUT2D eigenvalue weighted by atomic mass is 16.5. The van der Waals surface area contributed by atoms with Crippen molar-refractivity contribution in [2.24, 2.45) is 5.92 Å². The molecule has 0 aliphatic carbocycles. The second-order valence-corrected chi connectivity index (χ2v) is 6.04. The standard InChI is InChI=1S/C18H27NO4/c1-13(2)17(18(21)22)19-16(20)8-6-4-5-7-14-9-11-15(23-3)12-10-14/h9-13,17H,4-8H2,1-3H3,(H,19,20)(H,21,22). The molecule has 0 saturated carbocycles. The number of amides is 1. The zero-order valence-corrected chi connectivity index (χ0v) is 14.2. The van der Waals surface area contributed by atoms with Gasteiger partial charge in [-0.3, -0.25) is 4.79 Å². The zero-order chi connectivity index (χ0) is 17.2. The summed E-state index contributed by atoms with van der Waals surface area (Å²) < 4.78 is 5.12. The summed E-state index contributed by atoms with van der Waals surface area (Å²) in [6, 6.07) is 7.18. The number of carboxylic acid groups (broad SMARTS) is 1. The molecule has 0 fully saturated rings. The first-order chi connectivity index (χ1) is 10.9. The number of aryl methyl sites for hydroxylation is 1. The van der Waals surface area contributed by atoms with Crippen LogP contribution in [0.3, 0.4) is 0 Å². The molecule has 2 N–H and O–H groups in total. The molecule has 1 aromatic carbocycles. The molecular formula is C18H27NO4. The Balaban J connectivity index is 2.21. The van der Waals surface area contributed by atoms with E-state index in [9.17, 15) is 9.59 Å². The molecule has 0 radical (unpaired) electrons. The van der Waals surface area contributed by atoms with Gasteiger partial charge in [0, 0.05) is 6.42 Å². The molecule has 0 heterocycles. The summed E-state index contributed by atoms with van der Waals surface area (Å²) in [4.78, 5) is 22.8. The summed E-state index contributed by atoms with van der Waals surface area (Å²) >= 11 is 0.